The summed E-state index contributed by atoms with van der Waals surface area (Å²) in [5, 5.41) is 11.9. The number of benzene rings is 3. The molecule has 39 heavy (non-hydrogen) atoms. The second kappa shape index (κ2) is 10.7. The quantitative estimate of drug-likeness (QED) is 0.103. The molecule has 0 unspecified atom stereocenters. The molecular formula is C29H23ClN4O3S2. The van der Waals surface area contributed by atoms with Crippen molar-refractivity contribution < 1.29 is 9.72 Å². The second-order valence-corrected chi connectivity index (χ2v) is 10.9. The molecule has 7 nitrogen and oxygen atoms in total. The number of amides is 1. The standard InChI is InChI=1S/C29H23ClN4O3S2/c1-18-16-20(17-27-28(35)33(29(38)31(27)3)23-6-4-21(30)5-7-23)19(2)32(18)22-8-12-25(13-9-22)39-26-14-10-24(11-15-26)34(36)37/h4-17H,1-3H3/b27-17-. The maximum Gasteiger partial charge on any atom is 0.281 e. The first kappa shape index (κ1) is 26.7. The molecule has 0 aliphatic carbocycles. The summed E-state index contributed by atoms with van der Waals surface area (Å²) in [4.78, 5) is 29.0. The SMILES string of the molecule is Cc1cc(/C=C2/C(=O)N(c3ccc(Cl)cc3)C(=S)N2C)c(C)n1-c1ccc(Sc2ccc([N+](=O)[O-])cc2)cc1. The molecule has 0 saturated carbocycles. The zero-order valence-electron chi connectivity index (χ0n) is 21.3. The van der Waals surface area contributed by atoms with Crippen molar-refractivity contribution >= 4 is 64.1 Å². The summed E-state index contributed by atoms with van der Waals surface area (Å²) in [6, 6.07) is 23.7. The molecule has 0 radical (unpaired) electrons. The normalized spacial score (nSPS) is 14.5. The Balaban J connectivity index is 1.39. The number of anilines is 1. The van der Waals surface area contributed by atoms with Gasteiger partial charge in [-0.05, 0) is 104 Å². The number of carbonyl (C=O) groups excluding carboxylic acids is 1. The number of nitrogens with zero attached hydrogens (tertiary/aromatic N) is 4. The predicted molar refractivity (Wildman–Crippen MR) is 160 cm³/mol. The Labute approximate surface area is 240 Å². The van der Waals surface area contributed by atoms with Gasteiger partial charge in [0, 0.05) is 51.1 Å². The van der Waals surface area contributed by atoms with Crippen LogP contribution >= 0.6 is 35.6 Å². The highest BCUT2D eigenvalue weighted by molar-refractivity contribution is 7.99. The highest BCUT2D eigenvalue weighted by Gasteiger charge is 2.37. The van der Waals surface area contributed by atoms with Crippen molar-refractivity contribution in [2.45, 2.75) is 23.6 Å². The van der Waals surface area contributed by atoms with E-state index >= 15 is 0 Å². The Hall–Kier alpha value is -3.92. The van der Waals surface area contributed by atoms with Gasteiger partial charge in [-0.1, -0.05) is 23.4 Å². The third-order valence-electron chi connectivity index (χ3n) is 6.49. The number of nitro groups is 1. The monoisotopic (exact) mass is 574 g/mol. The van der Waals surface area contributed by atoms with Crippen LogP contribution in [0.5, 0.6) is 0 Å². The van der Waals surface area contributed by atoms with E-state index in [1.165, 1.54) is 28.8 Å². The Morgan fingerprint density at radius 2 is 1.49 bits per heavy atom. The molecular weight excluding hydrogens is 552 g/mol. The van der Waals surface area contributed by atoms with E-state index in [4.69, 9.17) is 23.8 Å². The number of hydrogen-bond acceptors (Lipinski definition) is 5. The molecule has 1 aliphatic rings. The van der Waals surface area contributed by atoms with Crippen LogP contribution in [0.15, 0.2) is 94.4 Å². The maximum atomic E-state index is 13.4. The lowest BCUT2D eigenvalue weighted by Gasteiger charge is -2.16. The van der Waals surface area contributed by atoms with E-state index in [-0.39, 0.29) is 11.6 Å². The van der Waals surface area contributed by atoms with E-state index in [1.54, 1.807) is 48.3 Å². The van der Waals surface area contributed by atoms with Gasteiger partial charge < -0.3 is 9.47 Å². The summed E-state index contributed by atoms with van der Waals surface area (Å²) >= 11 is 13.1. The summed E-state index contributed by atoms with van der Waals surface area (Å²) in [6.45, 7) is 4.05. The van der Waals surface area contributed by atoms with Crippen LogP contribution in [0, 0.1) is 24.0 Å². The molecule has 4 aromatic rings. The second-order valence-electron chi connectivity index (χ2n) is 9.00. The van der Waals surface area contributed by atoms with Crippen LogP contribution in [0.1, 0.15) is 17.0 Å². The molecule has 196 valence electrons. The number of aryl methyl sites for hydroxylation is 1. The van der Waals surface area contributed by atoms with Crippen molar-refractivity contribution in [3.63, 3.8) is 0 Å². The fourth-order valence-corrected chi connectivity index (χ4v) is 5.72. The molecule has 0 atom stereocenters. The van der Waals surface area contributed by atoms with Crippen LogP contribution < -0.4 is 4.90 Å². The minimum absolute atomic E-state index is 0.0732. The zero-order chi connectivity index (χ0) is 27.8. The lowest BCUT2D eigenvalue weighted by Crippen LogP contribution is -2.31. The van der Waals surface area contributed by atoms with Crippen LogP contribution in [0.4, 0.5) is 11.4 Å². The zero-order valence-corrected chi connectivity index (χ0v) is 23.7. The van der Waals surface area contributed by atoms with Gasteiger partial charge in [0.15, 0.2) is 5.11 Å². The van der Waals surface area contributed by atoms with Crippen molar-refractivity contribution in [3.8, 4) is 5.69 Å². The van der Waals surface area contributed by atoms with Gasteiger partial charge in [0.05, 0.1) is 10.6 Å². The van der Waals surface area contributed by atoms with Crippen LogP contribution in [-0.2, 0) is 4.79 Å². The molecule has 0 bridgehead atoms. The minimum atomic E-state index is -0.403. The van der Waals surface area contributed by atoms with Gasteiger partial charge in [-0.15, -0.1) is 0 Å². The van der Waals surface area contributed by atoms with Crippen molar-refractivity contribution in [1.29, 1.82) is 0 Å². The predicted octanol–water partition coefficient (Wildman–Crippen LogP) is 7.41. The molecule has 2 heterocycles. The first-order valence-corrected chi connectivity index (χ1v) is 13.6. The van der Waals surface area contributed by atoms with Crippen LogP contribution in [-0.4, -0.2) is 32.5 Å². The van der Waals surface area contributed by atoms with Crippen molar-refractivity contribution in [1.82, 2.24) is 9.47 Å². The van der Waals surface area contributed by atoms with Gasteiger partial charge in [-0.3, -0.25) is 19.8 Å². The molecule has 3 aromatic carbocycles. The molecule has 1 amide bonds. The van der Waals surface area contributed by atoms with E-state index in [1.807, 2.05) is 44.2 Å². The fraction of sp³-hybridized carbons (Fsp3) is 0.103. The van der Waals surface area contributed by atoms with Gasteiger partial charge in [0.2, 0.25) is 0 Å². The average molecular weight is 575 g/mol. The van der Waals surface area contributed by atoms with Gasteiger partial charge in [-0.25, -0.2) is 0 Å². The third kappa shape index (κ3) is 5.21. The number of halogens is 1. The molecule has 0 spiro atoms. The van der Waals surface area contributed by atoms with Crippen LogP contribution in [0.2, 0.25) is 5.02 Å². The fourth-order valence-electron chi connectivity index (χ4n) is 4.49. The van der Waals surface area contributed by atoms with Gasteiger partial charge in [0.1, 0.15) is 5.70 Å². The smallest absolute Gasteiger partial charge is 0.281 e. The summed E-state index contributed by atoms with van der Waals surface area (Å²) in [7, 11) is 1.79. The van der Waals surface area contributed by atoms with Crippen molar-refractivity contribution in [2.24, 2.45) is 0 Å². The summed E-state index contributed by atoms with van der Waals surface area (Å²) in [6.07, 6.45) is 1.88. The largest absolute Gasteiger partial charge is 0.318 e. The number of likely N-dealkylation sites (N-methyl/N-ethyl adjacent to an activating group) is 1. The molecule has 1 aliphatic heterocycles. The van der Waals surface area contributed by atoms with Gasteiger partial charge >= 0.3 is 0 Å². The molecule has 10 heteroatoms. The van der Waals surface area contributed by atoms with Gasteiger partial charge in [0.25, 0.3) is 11.6 Å². The van der Waals surface area contributed by atoms with Crippen LogP contribution in [0.25, 0.3) is 11.8 Å². The third-order valence-corrected chi connectivity index (χ3v) is 8.21. The Morgan fingerprint density at radius 1 is 0.923 bits per heavy atom. The van der Waals surface area contributed by atoms with E-state index in [0.29, 0.717) is 21.5 Å². The Kier molecular flexibility index (Phi) is 7.31. The number of nitro benzene ring substituents is 1. The summed E-state index contributed by atoms with van der Waals surface area (Å²) in [5.41, 5.74) is 5.17. The minimum Gasteiger partial charge on any atom is -0.318 e. The van der Waals surface area contributed by atoms with E-state index in [9.17, 15) is 14.9 Å². The topological polar surface area (TPSA) is 71.6 Å². The number of aromatic nitrogens is 1. The highest BCUT2D eigenvalue weighted by Crippen LogP contribution is 2.32. The van der Waals surface area contributed by atoms with E-state index in [0.717, 1.165) is 32.4 Å². The number of rotatable bonds is 6. The van der Waals surface area contributed by atoms with Crippen molar-refractivity contribution in [3.05, 3.63) is 117 Å². The number of thiocarbonyl (C=S) groups is 1. The highest BCUT2D eigenvalue weighted by atomic mass is 35.5. The molecule has 1 aromatic heterocycles. The first-order valence-electron chi connectivity index (χ1n) is 11.9. The van der Waals surface area contributed by atoms with E-state index < -0.39 is 4.92 Å². The van der Waals surface area contributed by atoms with Crippen molar-refractivity contribution in [2.75, 3.05) is 11.9 Å². The number of hydrogen-bond donors (Lipinski definition) is 0. The van der Waals surface area contributed by atoms with Crippen LogP contribution in [0.3, 0.4) is 0 Å². The van der Waals surface area contributed by atoms with Gasteiger partial charge in [-0.2, -0.15) is 0 Å². The average Bonchev–Trinajstić information content (AvgIpc) is 3.31. The number of non-ortho nitro benzene ring substituents is 1. The summed E-state index contributed by atoms with van der Waals surface area (Å²) < 4.78 is 2.14. The molecule has 5 rings (SSSR count). The first-order chi connectivity index (χ1) is 18.6. The Morgan fingerprint density at radius 3 is 2.08 bits per heavy atom. The maximum absolute atomic E-state index is 13.4. The molecule has 1 fully saturated rings. The summed E-state index contributed by atoms with van der Waals surface area (Å²) in [5.74, 6) is -0.192. The lowest BCUT2D eigenvalue weighted by atomic mass is 10.2. The lowest BCUT2D eigenvalue weighted by molar-refractivity contribution is -0.384. The molecule has 0 N–H and O–H groups in total. The molecule has 1 saturated heterocycles. The van der Waals surface area contributed by atoms with E-state index in [2.05, 4.69) is 10.6 Å². The number of carbonyl (C=O) groups is 1. The Bertz CT molecular complexity index is 1630.